The molecule has 0 heterocycles. The van der Waals surface area contributed by atoms with Crippen LogP contribution in [0.15, 0.2) is 12.1 Å². The Morgan fingerprint density at radius 2 is 1.85 bits per heavy atom. The van der Waals surface area contributed by atoms with E-state index in [1.54, 1.807) is 0 Å². The molecule has 0 unspecified atom stereocenters. The van der Waals surface area contributed by atoms with E-state index in [2.05, 4.69) is 24.1 Å². The number of nitrogens with one attached hydrogen (secondary N) is 1. The second-order valence-corrected chi connectivity index (χ2v) is 6.84. The summed E-state index contributed by atoms with van der Waals surface area (Å²) in [6, 6.07) is 3.81. The van der Waals surface area contributed by atoms with Gasteiger partial charge in [-0.3, -0.25) is 4.79 Å². The third kappa shape index (κ3) is 6.86. The average molecular weight is 379 g/mol. The Labute approximate surface area is 163 Å². The lowest BCUT2D eigenvalue weighted by Gasteiger charge is -2.19. The topological polar surface area (TPSA) is 67.9 Å². The van der Waals surface area contributed by atoms with Crippen molar-refractivity contribution in [1.29, 1.82) is 0 Å². The molecule has 1 rings (SSSR count). The van der Waals surface area contributed by atoms with Gasteiger partial charge in [-0.25, -0.2) is 4.79 Å². The standard InChI is InChI=1S/C21H34N2O4/c1-7-23(8-2)13-9-12-22-18(24)14-27-20-17(15(3)4)11-10-16(5)19(20)21(25)26-6/h10-11,15H,7-9,12-14H2,1-6H3,(H,22,24). The fraction of sp³-hybridized carbons (Fsp3) is 0.619. The Balaban J connectivity index is 2.73. The van der Waals surface area contributed by atoms with Crippen LogP contribution in [0.1, 0.15) is 61.5 Å². The SMILES string of the molecule is CCN(CC)CCCNC(=O)COc1c(C(C)C)ccc(C)c1C(=O)OC. The van der Waals surface area contributed by atoms with E-state index < -0.39 is 5.97 Å². The van der Waals surface area contributed by atoms with E-state index in [4.69, 9.17) is 9.47 Å². The zero-order chi connectivity index (χ0) is 20.4. The first-order chi connectivity index (χ1) is 12.8. The van der Waals surface area contributed by atoms with Crippen molar-refractivity contribution in [2.45, 2.75) is 47.0 Å². The monoisotopic (exact) mass is 378 g/mol. The zero-order valence-corrected chi connectivity index (χ0v) is 17.6. The van der Waals surface area contributed by atoms with Crippen LogP contribution in [0.25, 0.3) is 0 Å². The summed E-state index contributed by atoms with van der Waals surface area (Å²) in [6.45, 7) is 13.6. The maximum Gasteiger partial charge on any atom is 0.341 e. The summed E-state index contributed by atoms with van der Waals surface area (Å²) >= 11 is 0. The zero-order valence-electron chi connectivity index (χ0n) is 17.6. The molecule has 152 valence electrons. The molecular weight excluding hydrogens is 344 g/mol. The van der Waals surface area contributed by atoms with Crippen molar-refractivity contribution < 1.29 is 19.1 Å². The van der Waals surface area contributed by atoms with Crippen molar-refractivity contribution in [3.8, 4) is 5.75 Å². The second kappa shape index (κ2) is 11.6. The van der Waals surface area contributed by atoms with Gasteiger partial charge < -0.3 is 19.7 Å². The molecule has 1 aromatic rings. The molecule has 0 bridgehead atoms. The molecule has 1 amide bonds. The lowest BCUT2D eigenvalue weighted by Crippen LogP contribution is -2.33. The minimum atomic E-state index is -0.454. The van der Waals surface area contributed by atoms with Crippen LogP contribution in [0, 0.1) is 6.92 Å². The maximum absolute atomic E-state index is 12.2. The van der Waals surface area contributed by atoms with Gasteiger partial charge in [0, 0.05) is 6.54 Å². The second-order valence-electron chi connectivity index (χ2n) is 6.84. The van der Waals surface area contributed by atoms with Gasteiger partial charge in [0.1, 0.15) is 11.3 Å². The third-order valence-electron chi connectivity index (χ3n) is 4.62. The molecule has 1 N–H and O–H groups in total. The smallest absolute Gasteiger partial charge is 0.341 e. The average Bonchev–Trinajstić information content (AvgIpc) is 2.65. The van der Waals surface area contributed by atoms with E-state index in [0.29, 0.717) is 17.9 Å². The minimum absolute atomic E-state index is 0.127. The van der Waals surface area contributed by atoms with Gasteiger partial charge in [0.05, 0.1) is 7.11 Å². The summed E-state index contributed by atoms with van der Waals surface area (Å²) in [5, 5.41) is 2.88. The number of hydrogen-bond donors (Lipinski definition) is 1. The molecule has 0 aliphatic rings. The Bertz CT molecular complexity index is 625. The predicted molar refractivity (Wildman–Crippen MR) is 108 cm³/mol. The highest BCUT2D eigenvalue weighted by Crippen LogP contribution is 2.33. The Hall–Kier alpha value is -2.08. The fourth-order valence-corrected chi connectivity index (χ4v) is 2.92. The van der Waals surface area contributed by atoms with Crippen LogP contribution >= 0.6 is 0 Å². The molecule has 0 fully saturated rings. The molecule has 27 heavy (non-hydrogen) atoms. The number of carbonyl (C=O) groups is 2. The predicted octanol–water partition coefficient (Wildman–Crippen LogP) is 3.13. The summed E-state index contributed by atoms with van der Waals surface area (Å²) in [5.74, 6) is -0.0533. The Morgan fingerprint density at radius 3 is 2.41 bits per heavy atom. The molecular formula is C21H34N2O4. The Morgan fingerprint density at radius 1 is 1.19 bits per heavy atom. The van der Waals surface area contributed by atoms with E-state index in [1.165, 1.54) is 7.11 Å². The van der Waals surface area contributed by atoms with Crippen molar-refractivity contribution >= 4 is 11.9 Å². The van der Waals surface area contributed by atoms with Crippen LogP contribution < -0.4 is 10.1 Å². The van der Waals surface area contributed by atoms with E-state index in [1.807, 2.05) is 32.9 Å². The molecule has 0 atom stereocenters. The normalized spacial score (nSPS) is 11.0. The largest absolute Gasteiger partial charge is 0.483 e. The summed E-state index contributed by atoms with van der Waals surface area (Å²) in [7, 11) is 1.34. The number of hydrogen-bond acceptors (Lipinski definition) is 5. The van der Waals surface area contributed by atoms with Gasteiger partial charge in [-0.2, -0.15) is 0 Å². The number of carbonyl (C=O) groups excluding carboxylic acids is 2. The first-order valence-corrected chi connectivity index (χ1v) is 9.69. The van der Waals surface area contributed by atoms with Crippen molar-refractivity contribution in [2.75, 3.05) is 39.9 Å². The van der Waals surface area contributed by atoms with Crippen LogP contribution in [0.5, 0.6) is 5.75 Å². The first-order valence-electron chi connectivity index (χ1n) is 9.69. The summed E-state index contributed by atoms with van der Waals surface area (Å²) in [5.41, 5.74) is 2.04. The number of benzene rings is 1. The van der Waals surface area contributed by atoms with Crippen LogP contribution in [0.3, 0.4) is 0 Å². The van der Waals surface area contributed by atoms with Gasteiger partial charge in [0.2, 0.25) is 0 Å². The highest BCUT2D eigenvalue weighted by molar-refractivity contribution is 5.95. The molecule has 0 spiro atoms. The molecule has 0 aliphatic carbocycles. The van der Waals surface area contributed by atoms with Gasteiger partial charge >= 0.3 is 5.97 Å². The molecule has 1 aromatic carbocycles. The van der Waals surface area contributed by atoms with Crippen molar-refractivity contribution in [1.82, 2.24) is 10.2 Å². The first kappa shape index (κ1) is 23.0. The van der Waals surface area contributed by atoms with Crippen LogP contribution in [0.4, 0.5) is 0 Å². The summed E-state index contributed by atoms with van der Waals surface area (Å²) in [6.07, 6.45) is 0.891. The molecule has 6 nitrogen and oxygen atoms in total. The number of amides is 1. The molecule has 0 saturated carbocycles. The van der Waals surface area contributed by atoms with Crippen LogP contribution in [-0.2, 0) is 9.53 Å². The van der Waals surface area contributed by atoms with E-state index in [9.17, 15) is 9.59 Å². The number of rotatable bonds is 11. The van der Waals surface area contributed by atoms with Crippen molar-refractivity contribution in [3.05, 3.63) is 28.8 Å². The highest BCUT2D eigenvalue weighted by Gasteiger charge is 2.22. The van der Waals surface area contributed by atoms with Crippen LogP contribution in [-0.4, -0.2) is 56.7 Å². The van der Waals surface area contributed by atoms with Gasteiger partial charge in [-0.05, 0) is 50.0 Å². The highest BCUT2D eigenvalue weighted by atomic mass is 16.5. The van der Waals surface area contributed by atoms with Crippen LogP contribution in [0.2, 0.25) is 0 Å². The summed E-state index contributed by atoms with van der Waals surface area (Å²) in [4.78, 5) is 26.7. The minimum Gasteiger partial charge on any atom is -0.483 e. The van der Waals surface area contributed by atoms with Gasteiger partial charge in [0.15, 0.2) is 6.61 Å². The number of ether oxygens (including phenoxy) is 2. The third-order valence-corrected chi connectivity index (χ3v) is 4.62. The van der Waals surface area contributed by atoms with E-state index in [0.717, 1.165) is 37.2 Å². The number of esters is 1. The fourth-order valence-electron chi connectivity index (χ4n) is 2.92. The van der Waals surface area contributed by atoms with Gasteiger partial charge in [-0.1, -0.05) is 39.8 Å². The van der Waals surface area contributed by atoms with E-state index in [-0.39, 0.29) is 18.4 Å². The number of aryl methyl sites for hydroxylation is 1. The number of methoxy groups -OCH3 is 1. The molecule has 0 saturated heterocycles. The lowest BCUT2D eigenvalue weighted by molar-refractivity contribution is -0.123. The maximum atomic E-state index is 12.2. The quantitative estimate of drug-likeness (QED) is 0.473. The van der Waals surface area contributed by atoms with Gasteiger partial charge in [0.25, 0.3) is 5.91 Å². The van der Waals surface area contributed by atoms with Gasteiger partial charge in [-0.15, -0.1) is 0 Å². The van der Waals surface area contributed by atoms with Crippen molar-refractivity contribution in [2.24, 2.45) is 0 Å². The number of nitrogens with zero attached hydrogens (tertiary/aromatic N) is 1. The van der Waals surface area contributed by atoms with E-state index >= 15 is 0 Å². The molecule has 6 heteroatoms. The molecule has 0 radical (unpaired) electrons. The molecule has 0 aliphatic heterocycles. The molecule has 0 aromatic heterocycles. The Kier molecular flexibility index (Phi) is 9.86. The van der Waals surface area contributed by atoms with Crippen molar-refractivity contribution in [3.63, 3.8) is 0 Å². The lowest BCUT2D eigenvalue weighted by atomic mass is 9.96. The summed E-state index contributed by atoms with van der Waals surface area (Å²) < 4.78 is 10.7.